The van der Waals surface area contributed by atoms with E-state index in [1.54, 1.807) is 0 Å². The summed E-state index contributed by atoms with van der Waals surface area (Å²) in [5, 5.41) is 3.34. The number of aromatic nitrogens is 2. The Morgan fingerprint density at radius 3 is 3.00 bits per heavy atom. The SMILES string of the molecule is CCOc1nc(SC)nc2c1C(=O)NC2. The Labute approximate surface area is 91.6 Å². The number of carbonyl (C=O) groups excluding carboxylic acids is 1. The Kier molecular flexibility index (Phi) is 2.77. The number of nitrogens with zero attached hydrogens (tertiary/aromatic N) is 2. The van der Waals surface area contributed by atoms with E-state index in [2.05, 4.69) is 15.3 Å². The molecule has 2 rings (SSSR count). The van der Waals surface area contributed by atoms with Crippen LogP contribution in [0, 0.1) is 0 Å². The first-order valence-corrected chi connectivity index (χ1v) is 5.84. The number of rotatable bonds is 3. The molecule has 6 heteroatoms. The van der Waals surface area contributed by atoms with Gasteiger partial charge in [-0.2, -0.15) is 4.98 Å². The first-order chi connectivity index (χ1) is 7.26. The van der Waals surface area contributed by atoms with Crippen LogP contribution < -0.4 is 10.1 Å². The maximum absolute atomic E-state index is 11.5. The fraction of sp³-hybridized carbons (Fsp3) is 0.444. The van der Waals surface area contributed by atoms with Crippen LogP contribution in [0.15, 0.2) is 5.16 Å². The van der Waals surface area contributed by atoms with Crippen molar-refractivity contribution in [3.05, 3.63) is 11.3 Å². The van der Waals surface area contributed by atoms with Gasteiger partial charge in [0.25, 0.3) is 5.91 Å². The standard InChI is InChI=1S/C9H11N3O2S/c1-3-14-8-6-5(4-10-7(6)13)11-9(12-8)15-2/h3-4H2,1-2H3,(H,10,13). The van der Waals surface area contributed by atoms with Crippen molar-refractivity contribution in [2.75, 3.05) is 12.9 Å². The van der Waals surface area contributed by atoms with Crippen LogP contribution in [0.1, 0.15) is 23.0 Å². The van der Waals surface area contributed by atoms with E-state index in [1.807, 2.05) is 13.2 Å². The number of carbonyl (C=O) groups is 1. The number of hydrogen-bond donors (Lipinski definition) is 1. The number of nitrogens with one attached hydrogen (secondary N) is 1. The zero-order chi connectivity index (χ0) is 10.8. The lowest BCUT2D eigenvalue weighted by Gasteiger charge is -2.06. The number of hydrogen-bond acceptors (Lipinski definition) is 5. The lowest BCUT2D eigenvalue weighted by atomic mass is 10.2. The average Bonchev–Trinajstić information content (AvgIpc) is 2.61. The van der Waals surface area contributed by atoms with Gasteiger partial charge in [0.2, 0.25) is 5.88 Å². The number of thioether (sulfide) groups is 1. The fourth-order valence-electron chi connectivity index (χ4n) is 1.40. The highest BCUT2D eigenvalue weighted by molar-refractivity contribution is 7.98. The summed E-state index contributed by atoms with van der Waals surface area (Å²) in [7, 11) is 0. The van der Waals surface area contributed by atoms with E-state index in [-0.39, 0.29) is 5.91 Å². The average molecular weight is 225 g/mol. The Hall–Kier alpha value is -1.30. The van der Waals surface area contributed by atoms with Crippen LogP contribution in [0.5, 0.6) is 5.88 Å². The largest absolute Gasteiger partial charge is 0.477 e. The van der Waals surface area contributed by atoms with E-state index < -0.39 is 0 Å². The lowest BCUT2D eigenvalue weighted by molar-refractivity contribution is 0.0961. The molecule has 5 nitrogen and oxygen atoms in total. The molecule has 0 unspecified atom stereocenters. The van der Waals surface area contributed by atoms with E-state index in [0.717, 1.165) is 5.69 Å². The fourth-order valence-corrected chi connectivity index (χ4v) is 1.78. The number of fused-ring (bicyclic) bond motifs is 1. The normalized spacial score (nSPS) is 13.6. The highest BCUT2D eigenvalue weighted by Crippen LogP contribution is 2.25. The molecule has 1 aliphatic rings. The summed E-state index contributed by atoms with van der Waals surface area (Å²) in [4.78, 5) is 19.9. The van der Waals surface area contributed by atoms with Crippen LogP contribution in [0.4, 0.5) is 0 Å². The van der Waals surface area contributed by atoms with Crippen molar-refractivity contribution < 1.29 is 9.53 Å². The van der Waals surface area contributed by atoms with Gasteiger partial charge in [-0.1, -0.05) is 11.8 Å². The summed E-state index contributed by atoms with van der Waals surface area (Å²) >= 11 is 1.43. The second kappa shape index (κ2) is 4.06. The van der Waals surface area contributed by atoms with Crippen molar-refractivity contribution in [1.82, 2.24) is 15.3 Å². The minimum absolute atomic E-state index is 0.152. The summed E-state index contributed by atoms with van der Waals surface area (Å²) < 4.78 is 5.34. The molecule has 1 aromatic heterocycles. The Balaban J connectivity index is 2.50. The third-order valence-corrected chi connectivity index (χ3v) is 2.59. The van der Waals surface area contributed by atoms with Crippen LogP contribution in [0.3, 0.4) is 0 Å². The molecule has 15 heavy (non-hydrogen) atoms. The molecule has 1 N–H and O–H groups in total. The Morgan fingerprint density at radius 2 is 2.33 bits per heavy atom. The molecule has 0 atom stereocenters. The Bertz CT molecular complexity index is 409. The summed E-state index contributed by atoms with van der Waals surface area (Å²) in [6.45, 7) is 2.81. The van der Waals surface area contributed by atoms with E-state index >= 15 is 0 Å². The molecule has 2 heterocycles. The number of ether oxygens (including phenoxy) is 1. The molecule has 0 fully saturated rings. The minimum atomic E-state index is -0.152. The zero-order valence-corrected chi connectivity index (χ0v) is 9.35. The molecule has 1 aliphatic heterocycles. The number of amides is 1. The molecule has 0 aliphatic carbocycles. The predicted octanol–water partition coefficient (Wildman–Crippen LogP) is 0.841. The van der Waals surface area contributed by atoms with Gasteiger partial charge in [-0.3, -0.25) is 4.79 Å². The van der Waals surface area contributed by atoms with Gasteiger partial charge in [0.15, 0.2) is 5.16 Å². The molecule has 0 saturated carbocycles. The van der Waals surface area contributed by atoms with Gasteiger partial charge in [0.05, 0.1) is 18.8 Å². The first-order valence-electron chi connectivity index (χ1n) is 4.62. The summed E-state index contributed by atoms with van der Waals surface area (Å²) in [6, 6.07) is 0. The summed E-state index contributed by atoms with van der Waals surface area (Å²) in [5.74, 6) is 0.239. The molecule has 1 amide bonds. The third-order valence-electron chi connectivity index (χ3n) is 2.04. The summed E-state index contributed by atoms with van der Waals surface area (Å²) in [6.07, 6.45) is 1.89. The van der Waals surface area contributed by atoms with Gasteiger partial charge < -0.3 is 10.1 Å². The van der Waals surface area contributed by atoms with Crippen LogP contribution in [-0.4, -0.2) is 28.7 Å². The van der Waals surface area contributed by atoms with Crippen molar-refractivity contribution in [2.45, 2.75) is 18.6 Å². The molecule has 0 bridgehead atoms. The van der Waals surface area contributed by atoms with Crippen molar-refractivity contribution >= 4 is 17.7 Å². The van der Waals surface area contributed by atoms with Crippen LogP contribution >= 0.6 is 11.8 Å². The molecule has 0 aromatic carbocycles. The predicted molar refractivity (Wildman–Crippen MR) is 56.2 cm³/mol. The quantitative estimate of drug-likeness (QED) is 0.610. The van der Waals surface area contributed by atoms with Crippen LogP contribution in [-0.2, 0) is 6.54 Å². The maximum Gasteiger partial charge on any atom is 0.259 e. The molecule has 0 spiro atoms. The second-order valence-electron chi connectivity index (χ2n) is 2.95. The lowest BCUT2D eigenvalue weighted by Crippen LogP contribution is -2.13. The van der Waals surface area contributed by atoms with Gasteiger partial charge in [-0.15, -0.1) is 0 Å². The first kappa shape index (κ1) is 10.2. The van der Waals surface area contributed by atoms with Gasteiger partial charge in [0, 0.05) is 0 Å². The van der Waals surface area contributed by atoms with E-state index in [0.29, 0.717) is 29.8 Å². The monoisotopic (exact) mass is 225 g/mol. The van der Waals surface area contributed by atoms with Gasteiger partial charge in [0.1, 0.15) is 5.56 Å². The van der Waals surface area contributed by atoms with Crippen molar-refractivity contribution in [3.63, 3.8) is 0 Å². The zero-order valence-electron chi connectivity index (χ0n) is 8.53. The topological polar surface area (TPSA) is 64.1 Å². The van der Waals surface area contributed by atoms with Crippen molar-refractivity contribution in [1.29, 1.82) is 0 Å². The molecule has 0 radical (unpaired) electrons. The molecular weight excluding hydrogens is 214 g/mol. The molecule has 0 saturated heterocycles. The summed E-state index contributed by atoms with van der Waals surface area (Å²) in [5.41, 5.74) is 1.21. The van der Waals surface area contributed by atoms with E-state index in [9.17, 15) is 4.79 Å². The highest BCUT2D eigenvalue weighted by Gasteiger charge is 2.27. The smallest absolute Gasteiger partial charge is 0.259 e. The van der Waals surface area contributed by atoms with Crippen LogP contribution in [0.2, 0.25) is 0 Å². The van der Waals surface area contributed by atoms with Gasteiger partial charge in [-0.25, -0.2) is 4.98 Å². The maximum atomic E-state index is 11.5. The van der Waals surface area contributed by atoms with Gasteiger partial charge in [-0.05, 0) is 13.2 Å². The van der Waals surface area contributed by atoms with Crippen molar-refractivity contribution in [2.24, 2.45) is 0 Å². The van der Waals surface area contributed by atoms with Crippen LogP contribution in [0.25, 0.3) is 0 Å². The third kappa shape index (κ3) is 1.77. The Morgan fingerprint density at radius 1 is 1.53 bits per heavy atom. The minimum Gasteiger partial charge on any atom is -0.477 e. The van der Waals surface area contributed by atoms with Crippen molar-refractivity contribution in [3.8, 4) is 5.88 Å². The van der Waals surface area contributed by atoms with Gasteiger partial charge >= 0.3 is 0 Å². The second-order valence-corrected chi connectivity index (χ2v) is 3.73. The van der Waals surface area contributed by atoms with E-state index in [4.69, 9.17) is 4.74 Å². The van der Waals surface area contributed by atoms with E-state index in [1.165, 1.54) is 11.8 Å². The molecule has 1 aromatic rings. The molecule has 80 valence electrons. The molecular formula is C9H11N3O2S. The highest BCUT2D eigenvalue weighted by atomic mass is 32.2.